The van der Waals surface area contributed by atoms with Gasteiger partial charge in [0.2, 0.25) is 11.9 Å². The van der Waals surface area contributed by atoms with E-state index in [1.807, 2.05) is 12.1 Å². The van der Waals surface area contributed by atoms with Gasteiger partial charge >= 0.3 is 0 Å². The quantitative estimate of drug-likeness (QED) is 0.398. The van der Waals surface area contributed by atoms with Crippen molar-refractivity contribution in [2.24, 2.45) is 0 Å². The SMILES string of the molecule is C=CC(=O)Nc1cncc(-n2cnc(=O)c3cnc(Nc4ccc(N5CCN(C)CC5)cc4)nc32)c1. The summed E-state index contributed by atoms with van der Waals surface area (Å²) in [5.41, 5.74) is 2.95. The van der Waals surface area contributed by atoms with Crippen LogP contribution in [0.4, 0.5) is 23.0 Å². The number of amides is 1. The molecular formula is C25H25N9O2. The molecule has 0 atom stereocenters. The highest BCUT2D eigenvalue weighted by atomic mass is 16.1. The fourth-order valence-corrected chi connectivity index (χ4v) is 3.96. The van der Waals surface area contributed by atoms with Gasteiger partial charge in [0, 0.05) is 43.8 Å². The van der Waals surface area contributed by atoms with Crippen molar-refractivity contribution >= 4 is 40.0 Å². The molecule has 0 spiro atoms. The van der Waals surface area contributed by atoms with Crippen molar-refractivity contribution < 1.29 is 4.79 Å². The first kappa shape index (κ1) is 23.1. The van der Waals surface area contributed by atoms with Gasteiger partial charge in [0.1, 0.15) is 11.7 Å². The summed E-state index contributed by atoms with van der Waals surface area (Å²) in [6, 6.07) is 9.81. The maximum atomic E-state index is 12.4. The van der Waals surface area contributed by atoms with Crippen molar-refractivity contribution in [2.75, 3.05) is 48.8 Å². The van der Waals surface area contributed by atoms with Crippen molar-refractivity contribution in [3.8, 4) is 5.69 Å². The third-order valence-electron chi connectivity index (χ3n) is 5.96. The zero-order chi connectivity index (χ0) is 25.1. The minimum Gasteiger partial charge on any atom is -0.369 e. The number of fused-ring (bicyclic) bond motifs is 1. The van der Waals surface area contributed by atoms with Crippen LogP contribution in [0.25, 0.3) is 16.7 Å². The minimum atomic E-state index is -0.437. The van der Waals surface area contributed by atoms with Gasteiger partial charge in [0.25, 0.3) is 5.56 Å². The Kier molecular flexibility index (Phi) is 6.37. The van der Waals surface area contributed by atoms with Crippen LogP contribution in [-0.2, 0) is 4.79 Å². The number of hydrogen-bond acceptors (Lipinski definition) is 9. The summed E-state index contributed by atoms with van der Waals surface area (Å²) in [5.74, 6) is -0.0254. The summed E-state index contributed by atoms with van der Waals surface area (Å²) in [4.78, 5) is 45.7. The first-order valence-corrected chi connectivity index (χ1v) is 11.4. The summed E-state index contributed by atoms with van der Waals surface area (Å²) in [6.07, 6.45) is 7.10. The lowest BCUT2D eigenvalue weighted by Crippen LogP contribution is -2.44. The molecule has 4 aromatic rings. The van der Waals surface area contributed by atoms with Gasteiger partial charge in [0.15, 0.2) is 5.65 Å². The summed E-state index contributed by atoms with van der Waals surface area (Å²) in [7, 11) is 2.14. The van der Waals surface area contributed by atoms with Crippen LogP contribution >= 0.6 is 0 Å². The topological polar surface area (TPSA) is 121 Å². The van der Waals surface area contributed by atoms with Crippen LogP contribution in [0.3, 0.4) is 0 Å². The standard InChI is InChI=1S/C25H25N9O2/c1-3-22(35)29-18-12-20(14-26-13-18)34-16-28-24(36)21-15-27-25(31-23(21)34)30-17-4-6-19(7-5-17)33-10-8-32(2)9-11-33/h3-7,12-16H,1,8-11H2,2H3,(H,29,35)(H,27,30,31). The van der Waals surface area contributed by atoms with Crippen molar-refractivity contribution in [3.05, 3.63) is 78.3 Å². The Morgan fingerprint density at radius 2 is 1.78 bits per heavy atom. The minimum absolute atomic E-state index is 0.258. The molecule has 2 N–H and O–H groups in total. The van der Waals surface area contributed by atoms with Gasteiger partial charge in [-0.1, -0.05) is 6.58 Å². The van der Waals surface area contributed by atoms with E-state index in [2.05, 4.69) is 66.1 Å². The molecule has 0 unspecified atom stereocenters. The van der Waals surface area contributed by atoms with Crippen LogP contribution in [0, 0.1) is 0 Å². The molecule has 1 aliphatic rings. The Labute approximate surface area is 207 Å². The van der Waals surface area contributed by atoms with Crippen LogP contribution in [0.1, 0.15) is 0 Å². The average molecular weight is 484 g/mol. The Hall–Kier alpha value is -4.64. The van der Waals surface area contributed by atoms with E-state index in [0.29, 0.717) is 23.0 Å². The fourth-order valence-electron chi connectivity index (χ4n) is 3.96. The number of aromatic nitrogens is 5. The first-order valence-electron chi connectivity index (χ1n) is 11.4. The van der Waals surface area contributed by atoms with Gasteiger partial charge in [-0.3, -0.25) is 19.1 Å². The summed E-state index contributed by atoms with van der Waals surface area (Å²) >= 11 is 0. The molecule has 36 heavy (non-hydrogen) atoms. The lowest BCUT2D eigenvalue weighted by molar-refractivity contribution is -0.111. The predicted octanol–water partition coefficient (Wildman–Crippen LogP) is 2.19. The molecule has 0 aliphatic carbocycles. The number of carbonyl (C=O) groups is 1. The lowest BCUT2D eigenvalue weighted by atomic mass is 10.2. The molecule has 4 heterocycles. The first-order chi connectivity index (χ1) is 17.5. The van der Waals surface area contributed by atoms with E-state index in [9.17, 15) is 9.59 Å². The molecule has 1 amide bonds. The second-order valence-electron chi connectivity index (χ2n) is 8.44. The van der Waals surface area contributed by atoms with Gasteiger partial charge in [-0.25, -0.2) is 4.98 Å². The van der Waals surface area contributed by atoms with Gasteiger partial charge < -0.3 is 20.4 Å². The second-order valence-corrected chi connectivity index (χ2v) is 8.44. The highest BCUT2D eigenvalue weighted by Crippen LogP contribution is 2.22. The molecule has 3 aromatic heterocycles. The Morgan fingerprint density at radius 3 is 2.53 bits per heavy atom. The number of likely N-dealkylation sites (N-methyl/N-ethyl adjacent to an activating group) is 1. The van der Waals surface area contributed by atoms with Crippen molar-refractivity contribution in [1.82, 2.24) is 29.4 Å². The predicted molar refractivity (Wildman–Crippen MR) is 139 cm³/mol. The normalized spacial score (nSPS) is 14.0. The van der Waals surface area contributed by atoms with Crippen LogP contribution in [-0.4, -0.2) is 68.5 Å². The fraction of sp³-hybridized carbons (Fsp3) is 0.200. The van der Waals surface area contributed by atoms with Gasteiger partial charge in [-0.15, -0.1) is 0 Å². The largest absolute Gasteiger partial charge is 0.369 e. The highest BCUT2D eigenvalue weighted by Gasteiger charge is 2.15. The third kappa shape index (κ3) is 4.91. The van der Waals surface area contributed by atoms with E-state index >= 15 is 0 Å². The Morgan fingerprint density at radius 1 is 1.00 bits per heavy atom. The van der Waals surface area contributed by atoms with Crippen molar-refractivity contribution in [2.45, 2.75) is 0 Å². The van der Waals surface area contributed by atoms with Gasteiger partial charge in [-0.05, 0) is 43.5 Å². The number of anilines is 4. The zero-order valence-corrected chi connectivity index (χ0v) is 19.8. The van der Waals surface area contributed by atoms with Crippen molar-refractivity contribution in [3.63, 3.8) is 0 Å². The molecule has 1 fully saturated rings. The Balaban J connectivity index is 1.43. The Bertz CT molecular complexity index is 1480. The van der Waals surface area contributed by atoms with E-state index in [0.717, 1.165) is 31.9 Å². The maximum Gasteiger partial charge on any atom is 0.283 e. The zero-order valence-electron chi connectivity index (χ0n) is 19.8. The van der Waals surface area contributed by atoms with Crippen LogP contribution in [0.2, 0.25) is 0 Å². The van der Waals surface area contributed by atoms with E-state index in [-0.39, 0.29) is 11.3 Å². The number of nitrogens with one attached hydrogen (secondary N) is 2. The number of carbonyl (C=O) groups excluding carboxylic acids is 1. The molecule has 182 valence electrons. The molecule has 0 bridgehead atoms. The molecular weight excluding hydrogens is 458 g/mol. The molecule has 11 nitrogen and oxygen atoms in total. The van der Waals surface area contributed by atoms with Crippen LogP contribution in [0.5, 0.6) is 0 Å². The number of nitrogens with zero attached hydrogens (tertiary/aromatic N) is 7. The molecule has 0 saturated carbocycles. The van der Waals surface area contributed by atoms with Crippen LogP contribution in [0.15, 0.2) is 72.7 Å². The lowest BCUT2D eigenvalue weighted by Gasteiger charge is -2.34. The summed E-state index contributed by atoms with van der Waals surface area (Å²) in [6.45, 7) is 7.53. The summed E-state index contributed by atoms with van der Waals surface area (Å²) in [5, 5.41) is 6.14. The van der Waals surface area contributed by atoms with Crippen molar-refractivity contribution in [1.29, 1.82) is 0 Å². The number of rotatable bonds is 6. The van der Waals surface area contributed by atoms with Gasteiger partial charge in [-0.2, -0.15) is 9.97 Å². The second kappa shape index (κ2) is 9.92. The van der Waals surface area contributed by atoms with E-state index in [1.165, 1.54) is 30.5 Å². The van der Waals surface area contributed by atoms with Gasteiger partial charge in [0.05, 0.1) is 23.8 Å². The molecule has 11 heteroatoms. The number of hydrogen-bond donors (Lipinski definition) is 2. The van der Waals surface area contributed by atoms with E-state index in [1.54, 1.807) is 16.8 Å². The van der Waals surface area contributed by atoms with E-state index < -0.39 is 5.56 Å². The number of benzene rings is 1. The molecule has 5 rings (SSSR count). The third-order valence-corrected chi connectivity index (χ3v) is 5.96. The molecule has 0 radical (unpaired) electrons. The molecule has 1 aliphatic heterocycles. The number of piperazine rings is 1. The maximum absolute atomic E-state index is 12.4. The van der Waals surface area contributed by atoms with E-state index in [4.69, 9.17) is 0 Å². The number of pyridine rings is 1. The average Bonchev–Trinajstić information content (AvgIpc) is 2.90. The summed E-state index contributed by atoms with van der Waals surface area (Å²) < 4.78 is 1.62. The molecule has 1 saturated heterocycles. The van der Waals surface area contributed by atoms with Crippen LogP contribution < -0.4 is 21.1 Å². The monoisotopic (exact) mass is 483 g/mol. The smallest absolute Gasteiger partial charge is 0.283 e. The highest BCUT2D eigenvalue weighted by molar-refractivity contribution is 5.98. The molecule has 1 aromatic carbocycles.